The molecule has 1 heterocycles. The number of benzene rings is 1. The maximum atomic E-state index is 12.9. The van der Waals surface area contributed by atoms with Crippen LogP contribution in [0.3, 0.4) is 0 Å². The Hall–Kier alpha value is -2.63. The van der Waals surface area contributed by atoms with E-state index >= 15 is 0 Å². The molecule has 122 valence electrons. The fourth-order valence-electron chi connectivity index (χ4n) is 2.05. The summed E-state index contributed by atoms with van der Waals surface area (Å²) in [6.45, 7) is 6.16. The molecule has 2 N–H and O–H groups in total. The number of halogens is 1. The van der Waals surface area contributed by atoms with Crippen LogP contribution in [0.15, 0.2) is 47.6 Å². The highest BCUT2D eigenvalue weighted by atomic mass is 19.1. The van der Waals surface area contributed by atoms with E-state index in [4.69, 9.17) is 10.5 Å². The first-order valence-electron chi connectivity index (χ1n) is 7.55. The van der Waals surface area contributed by atoms with E-state index in [0.717, 1.165) is 18.7 Å². The Bertz CT molecular complexity index is 654. The van der Waals surface area contributed by atoms with Gasteiger partial charge in [-0.2, -0.15) is 0 Å². The molecule has 2 rings (SSSR count). The molecule has 2 aromatic rings. The van der Waals surface area contributed by atoms with Crippen molar-refractivity contribution >= 4 is 5.96 Å². The molecule has 0 saturated carbocycles. The molecule has 0 unspecified atom stereocenters. The van der Waals surface area contributed by atoms with Crippen LogP contribution >= 0.6 is 0 Å². The number of aliphatic imine (C=N–C) groups is 1. The van der Waals surface area contributed by atoms with Gasteiger partial charge in [-0.25, -0.2) is 14.4 Å². The summed E-state index contributed by atoms with van der Waals surface area (Å²) in [7, 11) is 0. The maximum Gasteiger partial charge on any atom is 0.219 e. The van der Waals surface area contributed by atoms with Crippen LogP contribution in [-0.2, 0) is 6.54 Å². The van der Waals surface area contributed by atoms with Crippen LogP contribution in [0.5, 0.6) is 11.6 Å². The molecule has 23 heavy (non-hydrogen) atoms. The number of guanidine groups is 1. The predicted molar refractivity (Wildman–Crippen MR) is 89.0 cm³/mol. The van der Waals surface area contributed by atoms with E-state index in [-0.39, 0.29) is 5.82 Å². The third-order valence-electron chi connectivity index (χ3n) is 3.35. The monoisotopic (exact) mass is 316 g/mol. The zero-order chi connectivity index (χ0) is 16.7. The van der Waals surface area contributed by atoms with E-state index in [9.17, 15) is 4.39 Å². The van der Waals surface area contributed by atoms with E-state index in [1.54, 1.807) is 24.4 Å². The molecule has 0 aliphatic carbocycles. The summed E-state index contributed by atoms with van der Waals surface area (Å²) in [4.78, 5) is 10.5. The van der Waals surface area contributed by atoms with Crippen molar-refractivity contribution in [2.24, 2.45) is 10.7 Å². The molecule has 0 radical (unpaired) electrons. The lowest BCUT2D eigenvalue weighted by molar-refractivity contribution is 0.456. The molecular weight excluding hydrogens is 295 g/mol. The van der Waals surface area contributed by atoms with Gasteiger partial charge in [0.2, 0.25) is 5.88 Å². The molecule has 0 aliphatic rings. The van der Waals surface area contributed by atoms with Gasteiger partial charge >= 0.3 is 0 Å². The predicted octanol–water partition coefficient (Wildman–Crippen LogP) is 3.17. The molecule has 0 saturated heterocycles. The van der Waals surface area contributed by atoms with Crippen LogP contribution in [0.4, 0.5) is 4.39 Å². The first-order chi connectivity index (χ1) is 11.1. The van der Waals surface area contributed by atoms with E-state index < -0.39 is 0 Å². The van der Waals surface area contributed by atoms with Crippen LogP contribution in [0.2, 0.25) is 0 Å². The first kappa shape index (κ1) is 16.7. The number of rotatable bonds is 6. The SMILES string of the molecule is CCN(CC)C(N)=NCc1ccnc(Oc2ccc(F)cc2)c1. The summed E-state index contributed by atoms with van der Waals surface area (Å²) in [5, 5.41) is 0. The van der Waals surface area contributed by atoms with E-state index in [2.05, 4.69) is 9.98 Å². The average molecular weight is 316 g/mol. The molecule has 0 atom stereocenters. The molecule has 0 aliphatic heterocycles. The Morgan fingerprint density at radius 2 is 1.91 bits per heavy atom. The standard InChI is InChI=1S/C17H21FN4O/c1-3-22(4-2)17(19)21-12-13-9-10-20-16(11-13)23-15-7-5-14(18)6-8-15/h5-11H,3-4,12H2,1-2H3,(H2,19,21). The molecule has 1 aromatic heterocycles. The molecule has 0 bridgehead atoms. The van der Waals surface area contributed by atoms with Crippen molar-refractivity contribution in [3.63, 3.8) is 0 Å². The number of aromatic nitrogens is 1. The molecule has 6 heteroatoms. The highest BCUT2D eigenvalue weighted by Gasteiger charge is 2.04. The summed E-state index contributed by atoms with van der Waals surface area (Å²) in [5.41, 5.74) is 6.89. The van der Waals surface area contributed by atoms with Crippen molar-refractivity contribution in [1.29, 1.82) is 0 Å². The van der Waals surface area contributed by atoms with Crippen molar-refractivity contribution in [2.45, 2.75) is 20.4 Å². The minimum atomic E-state index is -0.305. The van der Waals surface area contributed by atoms with E-state index in [1.807, 2.05) is 24.8 Å². The number of nitrogens with zero attached hydrogens (tertiary/aromatic N) is 3. The molecule has 0 amide bonds. The highest BCUT2D eigenvalue weighted by Crippen LogP contribution is 2.20. The normalized spacial score (nSPS) is 11.3. The zero-order valence-electron chi connectivity index (χ0n) is 13.4. The Kier molecular flexibility index (Phi) is 5.91. The number of ether oxygens (including phenoxy) is 1. The lowest BCUT2D eigenvalue weighted by Gasteiger charge is -2.19. The van der Waals surface area contributed by atoms with Gasteiger partial charge in [-0.05, 0) is 49.7 Å². The third kappa shape index (κ3) is 4.95. The summed E-state index contributed by atoms with van der Waals surface area (Å²) in [5.74, 6) is 1.18. The molecule has 0 fully saturated rings. The Morgan fingerprint density at radius 1 is 1.22 bits per heavy atom. The largest absolute Gasteiger partial charge is 0.439 e. The Balaban J connectivity index is 2.05. The molecule has 5 nitrogen and oxygen atoms in total. The third-order valence-corrected chi connectivity index (χ3v) is 3.35. The minimum Gasteiger partial charge on any atom is -0.439 e. The van der Waals surface area contributed by atoms with E-state index in [0.29, 0.717) is 24.1 Å². The number of nitrogens with two attached hydrogens (primary N) is 1. The Labute approximate surface area is 135 Å². The van der Waals surface area contributed by atoms with Crippen LogP contribution < -0.4 is 10.5 Å². The van der Waals surface area contributed by atoms with Gasteiger partial charge in [0.15, 0.2) is 5.96 Å². The van der Waals surface area contributed by atoms with Crippen LogP contribution in [0.25, 0.3) is 0 Å². The fourth-order valence-corrected chi connectivity index (χ4v) is 2.05. The lowest BCUT2D eigenvalue weighted by atomic mass is 10.2. The second kappa shape index (κ2) is 8.12. The average Bonchev–Trinajstić information content (AvgIpc) is 2.57. The maximum absolute atomic E-state index is 12.9. The summed E-state index contributed by atoms with van der Waals surface area (Å²) < 4.78 is 18.5. The summed E-state index contributed by atoms with van der Waals surface area (Å²) in [6.07, 6.45) is 1.65. The van der Waals surface area contributed by atoms with E-state index in [1.165, 1.54) is 12.1 Å². The van der Waals surface area contributed by atoms with Gasteiger partial charge < -0.3 is 15.4 Å². The van der Waals surface area contributed by atoms with Crippen molar-refractivity contribution in [1.82, 2.24) is 9.88 Å². The first-order valence-corrected chi connectivity index (χ1v) is 7.55. The van der Waals surface area contributed by atoms with Crippen LogP contribution in [-0.4, -0.2) is 28.9 Å². The van der Waals surface area contributed by atoms with Crippen LogP contribution in [0, 0.1) is 5.82 Å². The smallest absolute Gasteiger partial charge is 0.219 e. The quantitative estimate of drug-likeness (QED) is 0.657. The Morgan fingerprint density at radius 3 is 2.57 bits per heavy atom. The van der Waals surface area contributed by atoms with Gasteiger partial charge in [-0.3, -0.25) is 0 Å². The second-order valence-corrected chi connectivity index (χ2v) is 4.91. The van der Waals surface area contributed by atoms with Gasteiger partial charge in [0.05, 0.1) is 6.54 Å². The lowest BCUT2D eigenvalue weighted by Crippen LogP contribution is -2.37. The summed E-state index contributed by atoms with van der Waals surface area (Å²) in [6, 6.07) is 9.45. The van der Waals surface area contributed by atoms with Gasteiger partial charge in [-0.15, -0.1) is 0 Å². The molecule has 0 spiro atoms. The number of hydrogen-bond donors (Lipinski definition) is 1. The highest BCUT2D eigenvalue weighted by molar-refractivity contribution is 5.78. The van der Waals surface area contributed by atoms with Crippen molar-refractivity contribution in [3.05, 3.63) is 54.0 Å². The summed E-state index contributed by atoms with van der Waals surface area (Å²) >= 11 is 0. The molecule has 1 aromatic carbocycles. The number of pyridine rings is 1. The number of hydrogen-bond acceptors (Lipinski definition) is 3. The fraction of sp³-hybridized carbons (Fsp3) is 0.294. The second-order valence-electron chi connectivity index (χ2n) is 4.91. The van der Waals surface area contributed by atoms with Crippen molar-refractivity contribution in [3.8, 4) is 11.6 Å². The minimum absolute atomic E-state index is 0.305. The topological polar surface area (TPSA) is 63.7 Å². The van der Waals surface area contributed by atoms with Crippen molar-refractivity contribution < 1.29 is 9.13 Å². The van der Waals surface area contributed by atoms with Gasteiger partial charge in [0, 0.05) is 25.4 Å². The van der Waals surface area contributed by atoms with Gasteiger partial charge in [0.1, 0.15) is 11.6 Å². The molecular formula is C17H21FN4O. The van der Waals surface area contributed by atoms with Crippen LogP contribution in [0.1, 0.15) is 19.4 Å². The van der Waals surface area contributed by atoms with Gasteiger partial charge in [0.25, 0.3) is 0 Å². The zero-order valence-corrected chi connectivity index (χ0v) is 13.4. The van der Waals surface area contributed by atoms with Gasteiger partial charge in [-0.1, -0.05) is 0 Å². The van der Waals surface area contributed by atoms with Crippen molar-refractivity contribution in [2.75, 3.05) is 13.1 Å².